The first-order valence-corrected chi connectivity index (χ1v) is 12.7. The van der Waals surface area contributed by atoms with Crippen LogP contribution in [0.4, 0.5) is 0 Å². The minimum atomic E-state index is -0.0309. The number of allylic oxidation sites excluding steroid dienone is 2. The summed E-state index contributed by atoms with van der Waals surface area (Å²) in [5.41, 5.74) is 4.77. The molecule has 0 radical (unpaired) electrons. The van der Waals surface area contributed by atoms with Gasteiger partial charge in [-0.25, -0.2) is 0 Å². The van der Waals surface area contributed by atoms with E-state index in [1.165, 1.54) is 64.2 Å². The molecule has 0 saturated heterocycles. The maximum absolute atomic E-state index is 10.2. The van der Waals surface area contributed by atoms with Crippen LogP contribution in [0.3, 0.4) is 0 Å². The molecule has 4 rings (SSSR count). The standard InChI is InChI=1S/C27H46O/c1-18(2)7-6-8-19(3)23-11-12-24-22-10-9-20-17-21(28)13-15-26(20,4)25(22)14-16-27(23,24)5/h18-21,23-24,28H,6-17H2,1-5H3/t19-,20?,21+,23-,24-,26+,27-/m1/s1. The van der Waals surface area contributed by atoms with Crippen molar-refractivity contribution in [2.75, 3.05) is 0 Å². The Balaban J connectivity index is 1.52. The lowest BCUT2D eigenvalue weighted by atomic mass is 9.50. The maximum atomic E-state index is 10.2. The second-order valence-corrected chi connectivity index (χ2v) is 12.1. The smallest absolute Gasteiger partial charge is 0.0543 e. The highest BCUT2D eigenvalue weighted by Crippen LogP contribution is 2.66. The number of fused-ring (bicyclic) bond motifs is 4. The molecule has 1 heteroatoms. The molecule has 1 N–H and O–H groups in total. The molecule has 7 atom stereocenters. The van der Waals surface area contributed by atoms with Gasteiger partial charge in [0, 0.05) is 0 Å². The highest BCUT2D eigenvalue weighted by atomic mass is 16.3. The summed E-state index contributed by atoms with van der Waals surface area (Å²) in [7, 11) is 0. The van der Waals surface area contributed by atoms with Gasteiger partial charge < -0.3 is 5.11 Å². The Morgan fingerprint density at radius 3 is 2.50 bits per heavy atom. The molecule has 1 nitrogen and oxygen atoms in total. The van der Waals surface area contributed by atoms with Gasteiger partial charge in [-0.3, -0.25) is 0 Å². The lowest BCUT2D eigenvalue weighted by Gasteiger charge is -2.55. The van der Waals surface area contributed by atoms with Crippen molar-refractivity contribution in [3.63, 3.8) is 0 Å². The summed E-state index contributed by atoms with van der Waals surface area (Å²) in [6, 6.07) is 0. The Bertz CT molecular complexity index is 603. The monoisotopic (exact) mass is 386 g/mol. The summed E-state index contributed by atoms with van der Waals surface area (Å²) >= 11 is 0. The summed E-state index contributed by atoms with van der Waals surface area (Å²) in [5.74, 6) is 4.31. The fraction of sp³-hybridized carbons (Fsp3) is 0.926. The molecule has 4 aliphatic carbocycles. The molecule has 0 aromatic carbocycles. The van der Waals surface area contributed by atoms with Crippen LogP contribution in [0.2, 0.25) is 0 Å². The van der Waals surface area contributed by atoms with Gasteiger partial charge in [-0.05, 0) is 98.2 Å². The number of hydrogen-bond donors (Lipinski definition) is 1. The lowest BCUT2D eigenvalue weighted by Crippen LogP contribution is -2.45. The van der Waals surface area contributed by atoms with Gasteiger partial charge in [0.2, 0.25) is 0 Å². The first-order valence-electron chi connectivity index (χ1n) is 12.7. The van der Waals surface area contributed by atoms with Crippen molar-refractivity contribution in [1.29, 1.82) is 0 Å². The van der Waals surface area contributed by atoms with Crippen LogP contribution >= 0.6 is 0 Å². The van der Waals surface area contributed by atoms with Crippen LogP contribution in [-0.4, -0.2) is 11.2 Å². The third-order valence-corrected chi connectivity index (χ3v) is 10.2. The van der Waals surface area contributed by atoms with Crippen LogP contribution in [0.15, 0.2) is 11.1 Å². The first kappa shape index (κ1) is 21.0. The minimum absolute atomic E-state index is 0.0309. The second kappa shape index (κ2) is 7.75. The summed E-state index contributed by atoms with van der Waals surface area (Å²) in [6.45, 7) is 12.6. The number of aliphatic hydroxyl groups excluding tert-OH is 1. The SMILES string of the molecule is CC(C)CCC[C@@H](C)[C@H]1CC[C@@H]2C3=C(CC[C@@]21C)[C@@]1(C)CC[C@H](O)CC1CC3. The molecule has 0 aromatic heterocycles. The van der Waals surface area contributed by atoms with Crippen molar-refractivity contribution in [2.24, 2.45) is 40.4 Å². The number of rotatable bonds is 5. The van der Waals surface area contributed by atoms with Crippen molar-refractivity contribution < 1.29 is 5.11 Å². The average Bonchev–Trinajstić information content (AvgIpc) is 2.99. The third kappa shape index (κ3) is 3.42. The second-order valence-electron chi connectivity index (χ2n) is 12.1. The van der Waals surface area contributed by atoms with Gasteiger partial charge in [-0.2, -0.15) is 0 Å². The summed E-state index contributed by atoms with van der Waals surface area (Å²) in [4.78, 5) is 0. The van der Waals surface area contributed by atoms with Gasteiger partial charge in [0.15, 0.2) is 0 Å². The van der Waals surface area contributed by atoms with Gasteiger partial charge >= 0.3 is 0 Å². The maximum Gasteiger partial charge on any atom is 0.0543 e. The molecule has 160 valence electrons. The highest BCUT2D eigenvalue weighted by molar-refractivity contribution is 5.34. The molecule has 0 amide bonds. The molecule has 0 aromatic rings. The molecule has 4 aliphatic rings. The van der Waals surface area contributed by atoms with E-state index in [1.54, 1.807) is 0 Å². The zero-order valence-corrected chi connectivity index (χ0v) is 19.4. The Morgan fingerprint density at radius 1 is 0.964 bits per heavy atom. The molecule has 0 heterocycles. The van der Waals surface area contributed by atoms with Crippen LogP contribution in [0.1, 0.15) is 112 Å². The topological polar surface area (TPSA) is 20.2 Å². The van der Waals surface area contributed by atoms with Crippen molar-refractivity contribution in [2.45, 2.75) is 118 Å². The fourth-order valence-electron chi connectivity index (χ4n) is 8.46. The lowest BCUT2D eigenvalue weighted by molar-refractivity contribution is 0.0132. The van der Waals surface area contributed by atoms with Crippen molar-refractivity contribution in [3.8, 4) is 0 Å². The van der Waals surface area contributed by atoms with Crippen molar-refractivity contribution >= 4 is 0 Å². The zero-order chi connectivity index (χ0) is 20.1. The Labute approximate surface area is 174 Å². The highest BCUT2D eigenvalue weighted by Gasteiger charge is 2.55. The third-order valence-electron chi connectivity index (χ3n) is 10.2. The normalized spacial score (nSPS) is 44.2. The number of aliphatic hydroxyl groups is 1. The van der Waals surface area contributed by atoms with Crippen molar-refractivity contribution in [3.05, 3.63) is 11.1 Å². The van der Waals surface area contributed by atoms with E-state index in [2.05, 4.69) is 34.6 Å². The quantitative estimate of drug-likeness (QED) is 0.484. The van der Waals surface area contributed by atoms with Gasteiger partial charge in [-0.1, -0.05) is 65.0 Å². The Morgan fingerprint density at radius 2 is 1.75 bits per heavy atom. The summed E-state index contributed by atoms with van der Waals surface area (Å²) in [6.07, 6.45) is 16.0. The molecule has 0 bridgehead atoms. The van der Waals surface area contributed by atoms with Crippen LogP contribution < -0.4 is 0 Å². The predicted molar refractivity (Wildman–Crippen MR) is 119 cm³/mol. The van der Waals surface area contributed by atoms with Gasteiger partial charge in [0.1, 0.15) is 0 Å². The van der Waals surface area contributed by atoms with E-state index in [9.17, 15) is 5.11 Å². The van der Waals surface area contributed by atoms with E-state index in [0.29, 0.717) is 10.8 Å². The van der Waals surface area contributed by atoms with Gasteiger partial charge in [0.25, 0.3) is 0 Å². The van der Waals surface area contributed by atoms with Crippen molar-refractivity contribution in [1.82, 2.24) is 0 Å². The molecular formula is C27H46O. The molecular weight excluding hydrogens is 340 g/mol. The average molecular weight is 387 g/mol. The minimum Gasteiger partial charge on any atom is -0.393 e. The largest absolute Gasteiger partial charge is 0.393 e. The Hall–Kier alpha value is -0.300. The molecule has 0 aliphatic heterocycles. The molecule has 2 saturated carbocycles. The molecule has 1 unspecified atom stereocenters. The molecule has 0 spiro atoms. The van der Waals surface area contributed by atoms with E-state index >= 15 is 0 Å². The van der Waals surface area contributed by atoms with Gasteiger partial charge in [0.05, 0.1) is 6.10 Å². The van der Waals surface area contributed by atoms with Crippen LogP contribution in [0, 0.1) is 40.4 Å². The molecule has 28 heavy (non-hydrogen) atoms. The number of hydrogen-bond acceptors (Lipinski definition) is 1. The van der Waals surface area contributed by atoms with E-state index in [-0.39, 0.29) is 6.10 Å². The van der Waals surface area contributed by atoms with Gasteiger partial charge in [-0.15, -0.1) is 0 Å². The van der Waals surface area contributed by atoms with E-state index in [0.717, 1.165) is 42.4 Å². The van der Waals surface area contributed by atoms with Crippen LogP contribution in [0.5, 0.6) is 0 Å². The first-order chi connectivity index (χ1) is 13.3. The predicted octanol–water partition coefficient (Wildman–Crippen LogP) is 7.53. The van der Waals surface area contributed by atoms with Crippen LogP contribution in [0.25, 0.3) is 0 Å². The van der Waals surface area contributed by atoms with E-state index in [4.69, 9.17) is 0 Å². The zero-order valence-electron chi connectivity index (χ0n) is 19.4. The van der Waals surface area contributed by atoms with E-state index in [1.807, 2.05) is 11.1 Å². The molecule has 2 fully saturated rings. The van der Waals surface area contributed by atoms with Crippen LogP contribution in [-0.2, 0) is 0 Å². The Kier molecular flexibility index (Phi) is 5.80. The fourth-order valence-corrected chi connectivity index (χ4v) is 8.46. The summed E-state index contributed by atoms with van der Waals surface area (Å²) < 4.78 is 0. The van der Waals surface area contributed by atoms with E-state index < -0.39 is 0 Å². The summed E-state index contributed by atoms with van der Waals surface area (Å²) in [5, 5.41) is 10.2.